The quantitative estimate of drug-likeness (QED) is 0.795. The van der Waals surface area contributed by atoms with Gasteiger partial charge in [-0.15, -0.1) is 0 Å². The molecule has 0 aliphatic carbocycles. The average molecular weight is 238 g/mol. The van der Waals surface area contributed by atoms with Crippen LogP contribution in [0.4, 0.5) is 0 Å². The first-order chi connectivity index (χ1) is 7.84. The third-order valence-corrected chi connectivity index (χ3v) is 3.67. The summed E-state index contributed by atoms with van der Waals surface area (Å²) in [5.41, 5.74) is 0. The monoisotopic (exact) mass is 238 g/mol. The van der Waals surface area contributed by atoms with E-state index in [0.29, 0.717) is 6.04 Å². The Morgan fingerprint density at radius 2 is 2.56 bits per heavy atom. The Morgan fingerprint density at radius 1 is 1.62 bits per heavy atom. The van der Waals surface area contributed by atoms with Crippen LogP contribution in [0.2, 0.25) is 0 Å². The number of nitrogens with zero attached hydrogens (tertiary/aromatic N) is 3. The second kappa shape index (κ2) is 5.94. The molecule has 16 heavy (non-hydrogen) atoms. The molecule has 1 saturated heterocycles. The summed E-state index contributed by atoms with van der Waals surface area (Å²) < 4.78 is 2.11. The van der Waals surface area contributed by atoms with E-state index in [0.717, 1.165) is 36.9 Å². The maximum Gasteiger partial charge on any atom is 0.156 e. The molecule has 1 aliphatic heterocycles. The van der Waals surface area contributed by atoms with Gasteiger partial charge in [-0.2, -0.15) is 0 Å². The van der Waals surface area contributed by atoms with Gasteiger partial charge in [-0.05, 0) is 19.8 Å². The van der Waals surface area contributed by atoms with Crippen LogP contribution in [0.5, 0.6) is 0 Å². The van der Waals surface area contributed by atoms with Crippen LogP contribution < -0.4 is 5.32 Å². The van der Waals surface area contributed by atoms with E-state index < -0.39 is 0 Å². The number of aryl methyl sites for hydroxylation is 1. The summed E-state index contributed by atoms with van der Waals surface area (Å²) in [5, 5.41) is 4.48. The van der Waals surface area contributed by atoms with E-state index in [9.17, 15) is 0 Å². The van der Waals surface area contributed by atoms with Crippen LogP contribution >= 0.6 is 11.8 Å². The Hall–Kier alpha value is -0.970. The summed E-state index contributed by atoms with van der Waals surface area (Å²) in [5.74, 6) is 1.15. The molecule has 0 spiro atoms. The minimum atomic E-state index is 0.578. The van der Waals surface area contributed by atoms with Gasteiger partial charge in [0.05, 0.1) is 6.33 Å². The van der Waals surface area contributed by atoms with Gasteiger partial charge in [0.15, 0.2) is 5.17 Å². The van der Waals surface area contributed by atoms with Crippen molar-refractivity contribution >= 4 is 16.9 Å². The van der Waals surface area contributed by atoms with Crippen LogP contribution in [0.15, 0.2) is 23.7 Å². The minimum Gasteiger partial charge on any atom is -0.362 e. The molecular weight excluding hydrogens is 220 g/mol. The first kappa shape index (κ1) is 11.5. The van der Waals surface area contributed by atoms with Crippen molar-refractivity contribution in [3.05, 3.63) is 18.7 Å². The predicted molar refractivity (Wildman–Crippen MR) is 68.8 cm³/mol. The molecule has 1 atom stereocenters. The number of nitrogens with one attached hydrogen (secondary N) is 1. The van der Waals surface area contributed by atoms with Crippen molar-refractivity contribution in [2.24, 2.45) is 4.99 Å². The number of unbranched alkanes of at least 4 members (excludes halogenated alkanes) is 1. The molecule has 0 aromatic carbocycles. The summed E-state index contributed by atoms with van der Waals surface area (Å²) in [4.78, 5) is 8.55. The van der Waals surface area contributed by atoms with Crippen molar-refractivity contribution in [2.45, 2.75) is 32.4 Å². The molecule has 1 unspecified atom stereocenters. The van der Waals surface area contributed by atoms with Gasteiger partial charge < -0.3 is 9.88 Å². The number of rotatable bonds is 5. The van der Waals surface area contributed by atoms with Crippen molar-refractivity contribution < 1.29 is 0 Å². The molecule has 2 heterocycles. The maximum atomic E-state index is 4.54. The van der Waals surface area contributed by atoms with Gasteiger partial charge in [-0.3, -0.25) is 4.99 Å². The standard InChI is InChI=1S/C11H18N4S/c1-10-8-16-11(14-10)13-4-2-3-6-15-7-5-12-9-15/h5,7,9-10H,2-4,6,8H2,1H3,(H,13,14). The predicted octanol–water partition coefficient (Wildman–Crippen LogP) is 1.74. The molecule has 1 fully saturated rings. The van der Waals surface area contributed by atoms with Crippen molar-refractivity contribution in [1.29, 1.82) is 0 Å². The molecule has 1 aliphatic rings. The zero-order valence-corrected chi connectivity index (χ0v) is 10.4. The second-order valence-corrected chi connectivity index (χ2v) is 5.06. The van der Waals surface area contributed by atoms with E-state index in [1.807, 2.05) is 30.5 Å². The van der Waals surface area contributed by atoms with Crippen LogP contribution in [0, 0.1) is 0 Å². The van der Waals surface area contributed by atoms with Gasteiger partial charge in [0.2, 0.25) is 0 Å². The zero-order valence-electron chi connectivity index (χ0n) is 9.59. The van der Waals surface area contributed by atoms with E-state index in [2.05, 4.69) is 26.8 Å². The lowest BCUT2D eigenvalue weighted by Crippen LogP contribution is -2.23. The van der Waals surface area contributed by atoms with E-state index in [-0.39, 0.29) is 0 Å². The highest BCUT2D eigenvalue weighted by Gasteiger charge is 2.14. The summed E-state index contributed by atoms with van der Waals surface area (Å²) in [7, 11) is 0. The van der Waals surface area contributed by atoms with Crippen molar-refractivity contribution in [3.8, 4) is 0 Å². The Kier molecular flexibility index (Phi) is 4.27. The topological polar surface area (TPSA) is 42.2 Å². The van der Waals surface area contributed by atoms with E-state index in [4.69, 9.17) is 0 Å². The summed E-state index contributed by atoms with van der Waals surface area (Å²) in [6.45, 7) is 4.16. The number of amidine groups is 1. The normalized spacial score (nSPS) is 22.6. The van der Waals surface area contributed by atoms with Gasteiger partial charge in [-0.1, -0.05) is 11.8 Å². The van der Waals surface area contributed by atoms with E-state index >= 15 is 0 Å². The first-order valence-corrected chi connectivity index (χ1v) is 6.72. The highest BCUT2D eigenvalue weighted by atomic mass is 32.2. The van der Waals surface area contributed by atoms with E-state index in [1.54, 1.807) is 0 Å². The molecule has 88 valence electrons. The average Bonchev–Trinajstić information content (AvgIpc) is 2.89. The molecule has 1 aromatic rings. The number of aliphatic imine (C=N–C) groups is 1. The SMILES string of the molecule is CC1CSC(=NCCCCn2ccnc2)N1. The van der Waals surface area contributed by atoms with Gasteiger partial charge in [0.1, 0.15) is 0 Å². The summed E-state index contributed by atoms with van der Waals surface area (Å²) >= 11 is 1.83. The molecule has 1 N–H and O–H groups in total. The molecule has 0 bridgehead atoms. The van der Waals surface area contributed by atoms with Gasteiger partial charge in [-0.25, -0.2) is 4.98 Å². The van der Waals surface area contributed by atoms with Crippen molar-refractivity contribution in [1.82, 2.24) is 14.9 Å². The fourth-order valence-electron chi connectivity index (χ4n) is 1.60. The molecule has 0 radical (unpaired) electrons. The van der Waals surface area contributed by atoms with Crippen molar-refractivity contribution in [2.75, 3.05) is 12.3 Å². The molecular formula is C11H18N4S. The Labute approximate surface area is 101 Å². The first-order valence-electron chi connectivity index (χ1n) is 5.74. The van der Waals surface area contributed by atoms with Crippen LogP contribution in [-0.4, -0.2) is 33.1 Å². The number of aromatic nitrogens is 2. The number of imidazole rings is 1. The van der Waals surface area contributed by atoms with Gasteiger partial charge >= 0.3 is 0 Å². The lowest BCUT2D eigenvalue weighted by Gasteiger charge is -2.02. The molecule has 4 nitrogen and oxygen atoms in total. The molecule has 2 rings (SSSR count). The van der Waals surface area contributed by atoms with Crippen LogP contribution in [0.25, 0.3) is 0 Å². The minimum absolute atomic E-state index is 0.578. The summed E-state index contributed by atoms with van der Waals surface area (Å²) in [6, 6.07) is 0.578. The second-order valence-electron chi connectivity index (χ2n) is 4.05. The smallest absolute Gasteiger partial charge is 0.156 e. The lowest BCUT2D eigenvalue weighted by molar-refractivity contribution is 0.614. The lowest BCUT2D eigenvalue weighted by atomic mass is 10.3. The molecule has 0 saturated carbocycles. The maximum absolute atomic E-state index is 4.54. The summed E-state index contributed by atoms with van der Waals surface area (Å²) in [6.07, 6.45) is 7.98. The Bertz CT molecular complexity index is 334. The number of hydrogen-bond donors (Lipinski definition) is 1. The van der Waals surface area contributed by atoms with Gasteiger partial charge in [0, 0.05) is 37.3 Å². The molecule has 5 heteroatoms. The number of thioether (sulfide) groups is 1. The van der Waals surface area contributed by atoms with Crippen LogP contribution in [0.1, 0.15) is 19.8 Å². The van der Waals surface area contributed by atoms with Crippen molar-refractivity contribution in [3.63, 3.8) is 0 Å². The number of hydrogen-bond acceptors (Lipinski definition) is 3. The third kappa shape index (κ3) is 3.56. The largest absolute Gasteiger partial charge is 0.362 e. The van der Waals surface area contributed by atoms with Gasteiger partial charge in [0.25, 0.3) is 0 Å². The third-order valence-electron chi connectivity index (χ3n) is 2.48. The van der Waals surface area contributed by atoms with E-state index in [1.165, 1.54) is 0 Å². The highest BCUT2D eigenvalue weighted by Crippen LogP contribution is 2.13. The fraction of sp³-hybridized carbons (Fsp3) is 0.636. The molecule has 1 aromatic heterocycles. The fourth-order valence-corrected chi connectivity index (χ4v) is 2.55. The zero-order chi connectivity index (χ0) is 11.2. The highest BCUT2D eigenvalue weighted by molar-refractivity contribution is 8.14. The molecule has 0 amide bonds. The van der Waals surface area contributed by atoms with Crippen LogP contribution in [-0.2, 0) is 6.54 Å². The Morgan fingerprint density at radius 3 is 3.25 bits per heavy atom. The Balaban J connectivity index is 1.58. The van der Waals surface area contributed by atoms with Crippen LogP contribution in [0.3, 0.4) is 0 Å².